The van der Waals surface area contributed by atoms with Gasteiger partial charge in [0.2, 0.25) is 5.52 Å². The van der Waals surface area contributed by atoms with Crippen LogP contribution in [0.5, 0.6) is 0 Å². The van der Waals surface area contributed by atoms with Gasteiger partial charge in [0.1, 0.15) is 5.82 Å². The minimum atomic E-state index is -0.637. The minimum absolute atomic E-state index is 0.0120. The second-order valence-electron chi connectivity index (χ2n) is 4.37. The lowest BCUT2D eigenvalue weighted by molar-refractivity contribution is -0.383. The van der Waals surface area contributed by atoms with E-state index in [0.29, 0.717) is 0 Å². The summed E-state index contributed by atoms with van der Waals surface area (Å²) in [6, 6.07) is 8.12. The normalized spacial score (nSPS) is 11.7. The highest BCUT2D eigenvalue weighted by atomic mass is 19.1. The minimum Gasteiger partial charge on any atom is -0.290 e. The van der Waals surface area contributed by atoms with Crippen LogP contribution in [0.25, 0.3) is 11.0 Å². The zero-order chi connectivity index (χ0) is 16.4. The third-order valence-corrected chi connectivity index (χ3v) is 3.04. The van der Waals surface area contributed by atoms with E-state index in [1.807, 2.05) is 0 Å². The fraction of sp³-hybridized carbons (Fsp3) is 0. The van der Waals surface area contributed by atoms with Gasteiger partial charge in [0.05, 0.1) is 16.2 Å². The first kappa shape index (κ1) is 14.5. The summed E-state index contributed by atoms with van der Waals surface area (Å²) >= 11 is 0. The molecular weight excluding hydrogens is 309 g/mol. The van der Waals surface area contributed by atoms with Gasteiger partial charge in [-0.2, -0.15) is 0 Å². The first-order chi connectivity index (χ1) is 11.1. The molecule has 10 heteroatoms. The van der Waals surface area contributed by atoms with Crippen LogP contribution in [0.4, 0.5) is 15.8 Å². The number of benzene rings is 2. The number of nitro benzene ring substituents is 1. The molecule has 2 aromatic carbocycles. The van der Waals surface area contributed by atoms with Gasteiger partial charge in [-0.1, -0.05) is 12.1 Å². The molecule has 0 bridgehead atoms. The summed E-state index contributed by atoms with van der Waals surface area (Å²) in [6.07, 6.45) is 0. The molecular formula is C13H8FN5O4. The molecule has 0 aliphatic heterocycles. The highest BCUT2D eigenvalue weighted by Crippen LogP contribution is 2.30. The smallest absolute Gasteiger partial charge is 0.290 e. The Morgan fingerprint density at radius 1 is 1.26 bits per heavy atom. The number of hydrogen-bond donors (Lipinski definition) is 2. The second-order valence-corrected chi connectivity index (χ2v) is 4.37. The summed E-state index contributed by atoms with van der Waals surface area (Å²) in [6.45, 7) is 0. The summed E-state index contributed by atoms with van der Waals surface area (Å²) in [7, 11) is 0. The Kier molecular flexibility index (Phi) is 3.65. The van der Waals surface area contributed by atoms with Crippen molar-refractivity contribution in [1.29, 1.82) is 0 Å². The lowest BCUT2D eigenvalue weighted by Crippen LogP contribution is -2.21. The van der Waals surface area contributed by atoms with Crippen molar-refractivity contribution in [1.82, 2.24) is 15.8 Å². The van der Waals surface area contributed by atoms with Crippen LogP contribution in [0.1, 0.15) is 5.56 Å². The number of nitrogens with one attached hydrogen (secondary N) is 1. The second kappa shape index (κ2) is 5.77. The van der Waals surface area contributed by atoms with Gasteiger partial charge in [-0.25, -0.2) is 14.0 Å². The van der Waals surface area contributed by atoms with E-state index >= 15 is 0 Å². The van der Waals surface area contributed by atoms with Crippen LogP contribution >= 0.6 is 0 Å². The molecule has 0 radical (unpaired) electrons. The molecule has 3 rings (SSSR count). The van der Waals surface area contributed by atoms with Crippen LogP contribution in [0.15, 0.2) is 46.0 Å². The molecule has 0 atom stereocenters. The molecule has 0 spiro atoms. The van der Waals surface area contributed by atoms with E-state index in [4.69, 9.17) is 0 Å². The summed E-state index contributed by atoms with van der Waals surface area (Å²) in [5, 5.41) is 27.2. The maximum Gasteiger partial charge on any atom is 0.300 e. The Balaban J connectivity index is 2.17. The molecule has 0 saturated heterocycles. The molecule has 116 valence electrons. The zero-order valence-electron chi connectivity index (χ0n) is 11.3. The van der Waals surface area contributed by atoms with Crippen LogP contribution in [0.2, 0.25) is 0 Å². The highest BCUT2D eigenvalue weighted by Gasteiger charge is 2.20. The van der Waals surface area contributed by atoms with E-state index in [0.717, 1.165) is 0 Å². The number of hydroxylamine groups is 1. The summed E-state index contributed by atoms with van der Waals surface area (Å²) in [5.74, 6) is -0.800. The summed E-state index contributed by atoms with van der Waals surface area (Å²) in [4.78, 5) is 14.3. The van der Waals surface area contributed by atoms with Gasteiger partial charge in [-0.05, 0) is 28.5 Å². The Morgan fingerprint density at radius 2 is 2.00 bits per heavy atom. The lowest BCUT2D eigenvalue weighted by Gasteiger charge is -2.06. The predicted octanol–water partition coefficient (Wildman–Crippen LogP) is 2.33. The van der Waals surface area contributed by atoms with Crippen molar-refractivity contribution >= 4 is 28.2 Å². The van der Waals surface area contributed by atoms with E-state index in [1.165, 1.54) is 30.3 Å². The van der Waals surface area contributed by atoms with Gasteiger partial charge in [-0.15, -0.1) is 0 Å². The standard InChI is InChI=1S/C13H8FN5O4/c14-8-4-2-1-3-7(8)13(16-20)15-9-5-6-10(19(21)22)12-11(9)17-23-18-12/h1-6,20H,(H,15,16). The Morgan fingerprint density at radius 3 is 2.70 bits per heavy atom. The van der Waals surface area contributed by atoms with Crippen LogP contribution < -0.4 is 5.48 Å². The van der Waals surface area contributed by atoms with Crippen LogP contribution in [-0.2, 0) is 0 Å². The molecule has 3 aromatic rings. The average Bonchev–Trinajstić information content (AvgIpc) is 3.03. The monoisotopic (exact) mass is 317 g/mol. The molecule has 0 aliphatic carbocycles. The molecule has 9 nitrogen and oxygen atoms in total. The van der Waals surface area contributed by atoms with Crippen molar-refractivity contribution < 1.29 is 19.2 Å². The fourth-order valence-electron chi connectivity index (χ4n) is 2.00. The Labute approximate surface area is 127 Å². The van der Waals surface area contributed by atoms with Gasteiger partial charge in [-0.3, -0.25) is 20.8 Å². The Bertz CT molecular complexity index is 924. The SMILES string of the molecule is O=[N+]([O-])c1ccc(N=C(NO)c2ccccc2F)c2nonc12. The molecule has 0 unspecified atom stereocenters. The quantitative estimate of drug-likeness (QED) is 0.328. The van der Waals surface area contributed by atoms with Crippen LogP contribution in [0, 0.1) is 15.9 Å². The maximum absolute atomic E-state index is 13.8. The van der Waals surface area contributed by atoms with Crippen LogP contribution in [0.3, 0.4) is 0 Å². The molecule has 1 aromatic heterocycles. The highest BCUT2D eigenvalue weighted by molar-refractivity contribution is 6.02. The fourth-order valence-corrected chi connectivity index (χ4v) is 2.00. The topological polar surface area (TPSA) is 127 Å². The molecule has 0 aliphatic rings. The Hall–Kier alpha value is -3.40. The number of nitro groups is 1. The first-order valence-electron chi connectivity index (χ1n) is 6.25. The number of hydrogen-bond acceptors (Lipinski definition) is 7. The van der Waals surface area contributed by atoms with Crippen LogP contribution in [-0.4, -0.2) is 26.3 Å². The predicted molar refractivity (Wildman–Crippen MR) is 76.0 cm³/mol. The maximum atomic E-state index is 13.8. The molecule has 2 N–H and O–H groups in total. The summed E-state index contributed by atoms with van der Waals surface area (Å²) < 4.78 is 18.3. The van der Waals surface area contributed by atoms with Crippen molar-refractivity contribution in [3.63, 3.8) is 0 Å². The van der Waals surface area contributed by atoms with E-state index in [-0.39, 0.29) is 33.8 Å². The van der Waals surface area contributed by atoms with Crippen molar-refractivity contribution in [2.75, 3.05) is 0 Å². The number of amidine groups is 1. The van der Waals surface area contributed by atoms with Crippen molar-refractivity contribution in [2.45, 2.75) is 0 Å². The third kappa shape index (κ3) is 2.58. The molecule has 1 heterocycles. The van der Waals surface area contributed by atoms with Gasteiger partial charge in [0.25, 0.3) is 0 Å². The van der Waals surface area contributed by atoms with Gasteiger partial charge in [0, 0.05) is 6.07 Å². The van der Waals surface area contributed by atoms with Gasteiger partial charge < -0.3 is 0 Å². The van der Waals surface area contributed by atoms with Gasteiger partial charge >= 0.3 is 5.69 Å². The number of aromatic nitrogens is 2. The number of non-ortho nitro benzene ring substituents is 1. The van der Waals surface area contributed by atoms with E-state index in [1.54, 1.807) is 11.5 Å². The van der Waals surface area contributed by atoms with Crippen molar-refractivity contribution in [3.05, 3.63) is 57.9 Å². The van der Waals surface area contributed by atoms with Crippen molar-refractivity contribution in [2.24, 2.45) is 4.99 Å². The lowest BCUT2D eigenvalue weighted by atomic mass is 10.2. The average molecular weight is 317 g/mol. The number of fused-ring (bicyclic) bond motifs is 1. The molecule has 0 amide bonds. The number of aliphatic imine (C=N–C) groups is 1. The number of halogens is 1. The van der Waals surface area contributed by atoms with Crippen molar-refractivity contribution in [3.8, 4) is 0 Å². The third-order valence-electron chi connectivity index (χ3n) is 3.04. The van der Waals surface area contributed by atoms with Gasteiger partial charge in [0.15, 0.2) is 11.4 Å². The number of nitrogens with zero attached hydrogens (tertiary/aromatic N) is 4. The summed E-state index contributed by atoms with van der Waals surface area (Å²) in [5.41, 5.74) is 1.55. The zero-order valence-corrected chi connectivity index (χ0v) is 11.3. The molecule has 23 heavy (non-hydrogen) atoms. The molecule has 0 saturated carbocycles. The largest absolute Gasteiger partial charge is 0.300 e. The molecule has 0 fully saturated rings. The van der Waals surface area contributed by atoms with E-state index < -0.39 is 10.7 Å². The van der Waals surface area contributed by atoms with E-state index in [9.17, 15) is 19.7 Å². The number of rotatable bonds is 3. The van der Waals surface area contributed by atoms with E-state index in [2.05, 4.69) is 19.9 Å². The first-order valence-corrected chi connectivity index (χ1v) is 6.25.